The van der Waals surface area contributed by atoms with Crippen LogP contribution in [0.15, 0.2) is 12.7 Å². The van der Waals surface area contributed by atoms with E-state index in [-0.39, 0.29) is 5.54 Å². The van der Waals surface area contributed by atoms with Gasteiger partial charge < -0.3 is 10.3 Å². The first-order chi connectivity index (χ1) is 4.67. The highest BCUT2D eigenvalue weighted by Gasteiger charge is 2.16. The molecule has 0 amide bonds. The Morgan fingerprint density at radius 3 is 2.30 bits per heavy atom. The van der Waals surface area contributed by atoms with E-state index in [4.69, 9.17) is 5.73 Å². The lowest BCUT2D eigenvalue weighted by Crippen LogP contribution is -2.33. The van der Waals surface area contributed by atoms with Crippen molar-refractivity contribution in [3.05, 3.63) is 12.7 Å². The molecule has 0 spiro atoms. The van der Waals surface area contributed by atoms with Crippen LogP contribution in [0.25, 0.3) is 0 Å². The highest BCUT2D eigenvalue weighted by molar-refractivity contribution is 4.80. The van der Waals surface area contributed by atoms with Gasteiger partial charge in [-0.15, -0.1) is 10.2 Å². The minimum atomic E-state index is -0.0660. The molecule has 1 heterocycles. The van der Waals surface area contributed by atoms with Crippen molar-refractivity contribution < 1.29 is 0 Å². The van der Waals surface area contributed by atoms with Crippen LogP contribution in [0.1, 0.15) is 13.8 Å². The molecule has 2 N–H and O–H groups in total. The number of aromatic nitrogens is 3. The molecule has 1 aromatic heterocycles. The van der Waals surface area contributed by atoms with Gasteiger partial charge in [-0.25, -0.2) is 0 Å². The first kappa shape index (κ1) is 7.21. The molecule has 0 saturated heterocycles. The molecule has 1 aromatic rings. The van der Waals surface area contributed by atoms with Crippen LogP contribution in [0.3, 0.4) is 0 Å². The fraction of sp³-hybridized carbons (Fsp3) is 0.667. The van der Waals surface area contributed by atoms with E-state index in [2.05, 4.69) is 10.2 Å². The molecule has 0 fully saturated rings. The van der Waals surface area contributed by atoms with E-state index in [1.54, 1.807) is 12.7 Å². The van der Waals surface area contributed by atoms with E-state index < -0.39 is 0 Å². The Balaban J connectivity index is 2.85. The summed E-state index contributed by atoms with van der Waals surface area (Å²) in [5.41, 5.74) is 5.46. The maximum Gasteiger partial charge on any atom is 0.119 e. The molecule has 1 rings (SSSR count). The van der Waals surface area contributed by atoms with Crippen LogP contribution in [0, 0.1) is 0 Å². The van der Waals surface area contributed by atoms with Crippen LogP contribution < -0.4 is 5.73 Å². The van der Waals surface area contributed by atoms with Crippen molar-refractivity contribution in [1.29, 1.82) is 0 Å². The predicted octanol–water partition coefficient (Wildman–Crippen LogP) is -0.0281. The summed E-state index contributed by atoms with van der Waals surface area (Å²) in [6, 6.07) is 0. The summed E-state index contributed by atoms with van der Waals surface area (Å²) >= 11 is 0. The van der Waals surface area contributed by atoms with Gasteiger partial charge in [-0.2, -0.15) is 0 Å². The first-order valence-electron chi connectivity index (χ1n) is 3.22. The Morgan fingerprint density at radius 1 is 1.40 bits per heavy atom. The largest absolute Gasteiger partial charge is 0.328 e. The van der Waals surface area contributed by atoms with E-state index in [9.17, 15) is 0 Å². The summed E-state index contributed by atoms with van der Waals surface area (Å²) < 4.78 is 1.90. The van der Waals surface area contributed by atoms with Gasteiger partial charge in [0.1, 0.15) is 12.7 Å². The highest BCUT2D eigenvalue weighted by atomic mass is 15.3. The average molecular weight is 140 g/mol. The van der Waals surface area contributed by atoms with Crippen LogP contribution in [0.5, 0.6) is 0 Å². The zero-order valence-electron chi connectivity index (χ0n) is 6.28. The molecule has 0 bridgehead atoms. The maximum absolute atomic E-state index is 5.52. The Hall–Kier alpha value is -0.900. The van der Waals surface area contributed by atoms with Gasteiger partial charge in [0.05, 0.1) is 5.54 Å². The minimum absolute atomic E-state index is 0.0660. The van der Waals surface area contributed by atoms with Gasteiger partial charge in [-0.3, -0.25) is 0 Å². The number of hydrogen-bond acceptors (Lipinski definition) is 3. The number of nitrogens with two attached hydrogens (primary N) is 1. The fourth-order valence-corrected chi connectivity index (χ4v) is 0.619. The monoisotopic (exact) mass is 140 g/mol. The van der Waals surface area contributed by atoms with Gasteiger partial charge >= 0.3 is 0 Å². The molecule has 0 atom stereocenters. The van der Waals surface area contributed by atoms with E-state index in [1.165, 1.54) is 0 Å². The van der Waals surface area contributed by atoms with Crippen LogP contribution in [-0.4, -0.2) is 21.3 Å². The van der Waals surface area contributed by atoms with Gasteiger partial charge in [0.15, 0.2) is 0 Å². The number of rotatable bonds is 2. The summed E-state index contributed by atoms with van der Waals surface area (Å²) in [5, 5.41) is 7.39. The smallest absolute Gasteiger partial charge is 0.119 e. The normalized spacial score (nSPS) is 11.9. The molecule has 0 saturated carbocycles. The van der Waals surface area contributed by atoms with Gasteiger partial charge in [0.25, 0.3) is 0 Å². The molecule has 4 nitrogen and oxygen atoms in total. The van der Waals surface area contributed by atoms with Crippen LogP contribution >= 0.6 is 0 Å². The molecule has 56 valence electrons. The predicted molar refractivity (Wildman–Crippen MR) is 38.4 cm³/mol. The molecule has 0 aromatic carbocycles. The average Bonchev–Trinajstić information content (AvgIpc) is 2.38. The van der Waals surface area contributed by atoms with Crippen molar-refractivity contribution in [1.82, 2.24) is 14.8 Å². The van der Waals surface area contributed by atoms with E-state index in [1.807, 2.05) is 18.4 Å². The highest BCUT2D eigenvalue weighted by Crippen LogP contribution is 2.09. The Kier molecular flexibility index (Phi) is 1.72. The van der Waals surface area contributed by atoms with Gasteiger partial charge in [-0.1, -0.05) is 0 Å². The maximum atomic E-state index is 5.52. The molecule has 0 aliphatic rings. The van der Waals surface area contributed by atoms with Gasteiger partial charge in [0.2, 0.25) is 0 Å². The van der Waals surface area contributed by atoms with Crippen molar-refractivity contribution >= 4 is 0 Å². The zero-order chi connectivity index (χ0) is 7.61. The van der Waals surface area contributed by atoms with Crippen molar-refractivity contribution in [2.24, 2.45) is 5.73 Å². The molecule has 0 aliphatic heterocycles. The third kappa shape index (κ3) is 1.16. The number of nitrogens with zero attached hydrogens (tertiary/aromatic N) is 3. The minimum Gasteiger partial charge on any atom is -0.328 e. The summed E-state index contributed by atoms with van der Waals surface area (Å²) in [4.78, 5) is 0. The van der Waals surface area contributed by atoms with E-state index >= 15 is 0 Å². The molecule has 0 radical (unpaired) electrons. The van der Waals surface area contributed by atoms with Crippen LogP contribution in [-0.2, 0) is 5.54 Å². The third-order valence-electron chi connectivity index (χ3n) is 1.62. The summed E-state index contributed by atoms with van der Waals surface area (Å²) in [5.74, 6) is 0. The standard InChI is InChI=1S/C6H12N4/c1-6(2,3-7)10-4-8-9-5-10/h4-5H,3,7H2,1-2H3. The van der Waals surface area contributed by atoms with E-state index in [0.29, 0.717) is 6.54 Å². The van der Waals surface area contributed by atoms with Crippen LogP contribution in [0.2, 0.25) is 0 Å². The Morgan fingerprint density at radius 2 is 1.90 bits per heavy atom. The number of hydrogen-bond donors (Lipinski definition) is 1. The molecule has 4 heteroatoms. The second-order valence-electron chi connectivity index (χ2n) is 2.89. The molecule has 10 heavy (non-hydrogen) atoms. The lowest BCUT2D eigenvalue weighted by atomic mass is 10.1. The Bertz CT molecular complexity index is 190. The fourth-order valence-electron chi connectivity index (χ4n) is 0.619. The molecular formula is C6H12N4. The topological polar surface area (TPSA) is 56.7 Å². The quantitative estimate of drug-likeness (QED) is 0.627. The van der Waals surface area contributed by atoms with Gasteiger partial charge in [-0.05, 0) is 13.8 Å². The molecular weight excluding hydrogens is 128 g/mol. The van der Waals surface area contributed by atoms with Crippen molar-refractivity contribution in [3.8, 4) is 0 Å². The lowest BCUT2D eigenvalue weighted by Gasteiger charge is -2.22. The molecule has 0 unspecified atom stereocenters. The molecule has 0 aliphatic carbocycles. The lowest BCUT2D eigenvalue weighted by molar-refractivity contribution is 0.365. The first-order valence-corrected chi connectivity index (χ1v) is 3.22. The van der Waals surface area contributed by atoms with Crippen molar-refractivity contribution in [3.63, 3.8) is 0 Å². The third-order valence-corrected chi connectivity index (χ3v) is 1.62. The van der Waals surface area contributed by atoms with E-state index in [0.717, 1.165) is 0 Å². The van der Waals surface area contributed by atoms with Gasteiger partial charge in [0, 0.05) is 6.54 Å². The van der Waals surface area contributed by atoms with Crippen molar-refractivity contribution in [2.45, 2.75) is 19.4 Å². The summed E-state index contributed by atoms with van der Waals surface area (Å²) in [6.45, 7) is 4.66. The zero-order valence-corrected chi connectivity index (χ0v) is 6.28. The second-order valence-corrected chi connectivity index (χ2v) is 2.89. The summed E-state index contributed by atoms with van der Waals surface area (Å²) in [7, 11) is 0. The van der Waals surface area contributed by atoms with Crippen molar-refractivity contribution in [2.75, 3.05) is 6.54 Å². The Labute approximate surface area is 60.1 Å². The summed E-state index contributed by atoms with van der Waals surface area (Å²) in [6.07, 6.45) is 3.35. The SMILES string of the molecule is CC(C)(CN)n1cnnc1. The second kappa shape index (κ2) is 2.38. The van der Waals surface area contributed by atoms with Crippen LogP contribution in [0.4, 0.5) is 0 Å².